The molecule has 0 spiro atoms. The fourth-order valence-electron chi connectivity index (χ4n) is 2.86. The summed E-state index contributed by atoms with van der Waals surface area (Å²) < 4.78 is 6.61. The molecule has 1 aromatic carbocycles. The Balaban J connectivity index is 2.22. The van der Waals surface area contributed by atoms with Gasteiger partial charge in [-0.3, -0.25) is 0 Å². The zero-order valence-electron chi connectivity index (χ0n) is 11.4. The lowest BCUT2D eigenvalue weighted by Crippen LogP contribution is -2.34. The molecule has 1 atom stereocenters. The normalized spacial score (nSPS) is 18.4. The zero-order chi connectivity index (χ0) is 13.2. The molecule has 1 aliphatic carbocycles. The lowest BCUT2D eigenvalue weighted by molar-refractivity contribution is 0.259. The van der Waals surface area contributed by atoms with Gasteiger partial charge in [-0.1, -0.05) is 22.9 Å². The summed E-state index contributed by atoms with van der Waals surface area (Å²) >= 11 is 3.55. The number of benzene rings is 1. The highest BCUT2D eigenvalue weighted by Crippen LogP contribution is 2.48. The van der Waals surface area contributed by atoms with E-state index in [1.165, 1.54) is 18.4 Å². The third-order valence-corrected chi connectivity index (χ3v) is 4.47. The Morgan fingerprint density at radius 3 is 2.72 bits per heavy atom. The van der Waals surface area contributed by atoms with Crippen molar-refractivity contribution in [2.75, 3.05) is 20.7 Å². The van der Waals surface area contributed by atoms with Crippen molar-refractivity contribution in [3.8, 4) is 5.75 Å². The average Bonchev–Trinajstić information content (AvgIpc) is 3.13. The maximum Gasteiger partial charge on any atom is 0.122 e. The Kier molecular flexibility index (Phi) is 4.33. The highest BCUT2D eigenvalue weighted by atomic mass is 79.9. The average molecular weight is 312 g/mol. The summed E-state index contributed by atoms with van der Waals surface area (Å²) in [7, 11) is 3.79. The number of hydrogen-bond acceptors (Lipinski definition) is 2. The van der Waals surface area contributed by atoms with Crippen molar-refractivity contribution in [3.05, 3.63) is 28.2 Å². The van der Waals surface area contributed by atoms with E-state index in [1.807, 2.05) is 19.2 Å². The fourth-order valence-corrected chi connectivity index (χ4v) is 3.26. The monoisotopic (exact) mass is 311 g/mol. The van der Waals surface area contributed by atoms with Gasteiger partial charge in [-0.2, -0.15) is 0 Å². The molecule has 1 unspecified atom stereocenters. The number of rotatable bonds is 6. The van der Waals surface area contributed by atoms with Crippen molar-refractivity contribution >= 4 is 15.9 Å². The highest BCUT2D eigenvalue weighted by molar-refractivity contribution is 9.10. The minimum atomic E-state index is 0.336. The molecular weight excluding hydrogens is 290 g/mol. The van der Waals surface area contributed by atoms with Crippen LogP contribution in [0.1, 0.15) is 25.3 Å². The first-order valence-corrected chi connectivity index (χ1v) is 7.35. The molecule has 2 nitrogen and oxygen atoms in total. The van der Waals surface area contributed by atoms with E-state index in [4.69, 9.17) is 4.74 Å². The summed E-state index contributed by atoms with van der Waals surface area (Å²) in [6, 6.07) is 6.27. The number of halogens is 1. The van der Waals surface area contributed by atoms with Crippen molar-refractivity contribution in [1.29, 1.82) is 0 Å². The van der Waals surface area contributed by atoms with E-state index < -0.39 is 0 Å². The molecule has 1 N–H and O–H groups in total. The lowest BCUT2D eigenvalue weighted by atomic mass is 9.78. The second kappa shape index (κ2) is 5.62. The van der Waals surface area contributed by atoms with E-state index in [2.05, 4.69) is 34.2 Å². The van der Waals surface area contributed by atoms with Gasteiger partial charge in [0.1, 0.15) is 5.75 Å². The molecule has 1 fully saturated rings. The van der Waals surface area contributed by atoms with Crippen LogP contribution < -0.4 is 10.1 Å². The molecule has 3 heteroatoms. The number of ether oxygens (including phenoxy) is 1. The molecule has 0 radical (unpaired) electrons. The molecule has 1 aromatic rings. The van der Waals surface area contributed by atoms with Crippen LogP contribution in [-0.2, 0) is 6.42 Å². The first-order valence-electron chi connectivity index (χ1n) is 6.56. The van der Waals surface area contributed by atoms with Gasteiger partial charge in [0, 0.05) is 11.0 Å². The smallest absolute Gasteiger partial charge is 0.122 e. The number of hydrogen-bond donors (Lipinski definition) is 1. The van der Waals surface area contributed by atoms with Crippen LogP contribution in [-0.4, -0.2) is 20.7 Å². The van der Waals surface area contributed by atoms with Gasteiger partial charge in [-0.15, -0.1) is 0 Å². The molecule has 0 heterocycles. The van der Waals surface area contributed by atoms with Gasteiger partial charge in [0.15, 0.2) is 0 Å². The summed E-state index contributed by atoms with van der Waals surface area (Å²) in [5, 5.41) is 3.35. The van der Waals surface area contributed by atoms with Gasteiger partial charge in [0.05, 0.1) is 7.11 Å². The molecule has 0 amide bonds. The summed E-state index contributed by atoms with van der Waals surface area (Å²) in [4.78, 5) is 0. The molecule has 0 aliphatic heterocycles. The molecule has 1 saturated carbocycles. The van der Waals surface area contributed by atoms with Gasteiger partial charge >= 0.3 is 0 Å². The number of nitrogens with one attached hydrogen (secondary N) is 1. The second-order valence-corrected chi connectivity index (χ2v) is 6.51. The predicted molar refractivity (Wildman–Crippen MR) is 79.2 cm³/mol. The van der Waals surface area contributed by atoms with E-state index in [0.29, 0.717) is 5.41 Å². The zero-order valence-corrected chi connectivity index (χ0v) is 13.0. The molecule has 1 aliphatic rings. The minimum Gasteiger partial charge on any atom is -0.496 e. The van der Waals surface area contributed by atoms with Crippen LogP contribution in [0, 0.1) is 11.3 Å². The van der Waals surface area contributed by atoms with Gasteiger partial charge in [0.25, 0.3) is 0 Å². The van der Waals surface area contributed by atoms with Crippen molar-refractivity contribution < 1.29 is 4.74 Å². The van der Waals surface area contributed by atoms with Crippen LogP contribution in [0.4, 0.5) is 0 Å². The maximum absolute atomic E-state index is 5.48. The van der Waals surface area contributed by atoms with E-state index in [0.717, 1.165) is 29.1 Å². The van der Waals surface area contributed by atoms with Gasteiger partial charge in [-0.05, 0) is 61.4 Å². The summed E-state index contributed by atoms with van der Waals surface area (Å²) in [5.74, 6) is 1.86. The van der Waals surface area contributed by atoms with Crippen LogP contribution in [0.5, 0.6) is 5.75 Å². The van der Waals surface area contributed by atoms with Crippen molar-refractivity contribution in [3.63, 3.8) is 0 Å². The number of methoxy groups -OCH3 is 1. The maximum atomic E-state index is 5.48. The topological polar surface area (TPSA) is 21.3 Å². The lowest BCUT2D eigenvalue weighted by Gasteiger charge is -2.30. The molecule has 18 heavy (non-hydrogen) atoms. The van der Waals surface area contributed by atoms with E-state index in [-0.39, 0.29) is 0 Å². The van der Waals surface area contributed by atoms with Crippen LogP contribution >= 0.6 is 15.9 Å². The third kappa shape index (κ3) is 3.07. The van der Waals surface area contributed by atoms with Gasteiger partial charge in [0.2, 0.25) is 0 Å². The van der Waals surface area contributed by atoms with Gasteiger partial charge in [-0.25, -0.2) is 0 Å². The third-order valence-electron chi connectivity index (χ3n) is 3.98. The molecular formula is C15H22BrNO. The molecule has 100 valence electrons. The van der Waals surface area contributed by atoms with Crippen molar-refractivity contribution in [2.45, 2.75) is 26.2 Å². The van der Waals surface area contributed by atoms with Crippen molar-refractivity contribution in [2.24, 2.45) is 11.3 Å². The first kappa shape index (κ1) is 13.9. The molecule has 2 rings (SSSR count). The first-order chi connectivity index (χ1) is 8.59. The minimum absolute atomic E-state index is 0.336. The standard InChI is InChI=1S/C15H22BrNO/c1-15(10-17-2,12-4-5-12)9-11-8-13(16)6-7-14(11)18-3/h6-8,12,17H,4-5,9-10H2,1-3H3. The van der Waals surface area contributed by atoms with E-state index in [9.17, 15) is 0 Å². The largest absolute Gasteiger partial charge is 0.496 e. The predicted octanol–water partition coefficient (Wildman–Crippen LogP) is 3.64. The van der Waals surface area contributed by atoms with Crippen molar-refractivity contribution in [1.82, 2.24) is 5.32 Å². The van der Waals surface area contributed by atoms with Crippen LogP contribution in [0.25, 0.3) is 0 Å². The Morgan fingerprint density at radius 2 is 2.17 bits per heavy atom. The van der Waals surface area contributed by atoms with Crippen LogP contribution in [0.3, 0.4) is 0 Å². The van der Waals surface area contributed by atoms with Crippen LogP contribution in [0.2, 0.25) is 0 Å². The molecule has 0 aromatic heterocycles. The Morgan fingerprint density at radius 1 is 1.44 bits per heavy atom. The Labute approximate surface area is 118 Å². The quantitative estimate of drug-likeness (QED) is 0.866. The Bertz CT molecular complexity index is 417. The SMILES string of the molecule is CNCC(C)(Cc1cc(Br)ccc1OC)C1CC1. The second-order valence-electron chi connectivity index (χ2n) is 5.59. The molecule has 0 bridgehead atoms. The Hall–Kier alpha value is -0.540. The summed E-state index contributed by atoms with van der Waals surface area (Å²) in [6.45, 7) is 3.45. The summed E-state index contributed by atoms with van der Waals surface area (Å²) in [6.07, 6.45) is 3.81. The fraction of sp³-hybridized carbons (Fsp3) is 0.600. The van der Waals surface area contributed by atoms with E-state index >= 15 is 0 Å². The van der Waals surface area contributed by atoms with Gasteiger partial charge < -0.3 is 10.1 Å². The van der Waals surface area contributed by atoms with Crippen LogP contribution in [0.15, 0.2) is 22.7 Å². The summed E-state index contributed by atoms with van der Waals surface area (Å²) in [5.41, 5.74) is 1.64. The van der Waals surface area contributed by atoms with E-state index in [1.54, 1.807) is 7.11 Å². The molecule has 0 saturated heterocycles. The highest BCUT2D eigenvalue weighted by Gasteiger charge is 2.41.